The molecule has 2 unspecified atom stereocenters. The van der Waals surface area contributed by atoms with E-state index < -0.39 is 12.0 Å². The van der Waals surface area contributed by atoms with Gasteiger partial charge < -0.3 is 10.0 Å². The molecule has 17 heavy (non-hydrogen) atoms. The lowest BCUT2D eigenvalue weighted by Crippen LogP contribution is -2.52. The van der Waals surface area contributed by atoms with Gasteiger partial charge in [0.15, 0.2) is 0 Å². The molecule has 0 spiro atoms. The van der Waals surface area contributed by atoms with E-state index >= 15 is 0 Å². The van der Waals surface area contributed by atoms with Crippen LogP contribution in [-0.4, -0.2) is 46.0 Å². The summed E-state index contributed by atoms with van der Waals surface area (Å²) in [6.07, 6.45) is 6.65. The van der Waals surface area contributed by atoms with E-state index in [0.29, 0.717) is 12.3 Å². The number of carbonyl (C=O) groups excluding carboxylic acids is 1. The van der Waals surface area contributed by atoms with E-state index in [0.717, 1.165) is 25.0 Å². The number of rotatable bonds is 2. The molecular weight excluding hydrogens is 238 g/mol. The smallest absolute Gasteiger partial charge is 0.327 e. The van der Waals surface area contributed by atoms with Gasteiger partial charge in [0.25, 0.3) is 0 Å². The van der Waals surface area contributed by atoms with Gasteiger partial charge in [-0.05, 0) is 19.3 Å². The Morgan fingerprint density at radius 3 is 2.82 bits per heavy atom. The van der Waals surface area contributed by atoms with E-state index in [9.17, 15) is 9.59 Å². The molecule has 1 saturated heterocycles. The van der Waals surface area contributed by atoms with Gasteiger partial charge in [-0.3, -0.25) is 4.79 Å². The van der Waals surface area contributed by atoms with Crippen LogP contribution in [0.5, 0.6) is 0 Å². The third-order valence-electron chi connectivity index (χ3n) is 3.31. The fourth-order valence-corrected chi connectivity index (χ4v) is 3.36. The first kappa shape index (κ1) is 12.5. The van der Waals surface area contributed by atoms with E-state index in [2.05, 4.69) is 6.08 Å². The average molecular weight is 255 g/mol. The van der Waals surface area contributed by atoms with Crippen molar-refractivity contribution in [2.75, 3.05) is 18.1 Å². The van der Waals surface area contributed by atoms with E-state index in [1.165, 1.54) is 0 Å². The van der Waals surface area contributed by atoms with Crippen LogP contribution in [0.3, 0.4) is 0 Å². The van der Waals surface area contributed by atoms with Crippen LogP contribution >= 0.6 is 11.8 Å². The molecule has 2 atom stereocenters. The second-order valence-electron chi connectivity index (χ2n) is 4.44. The number of allylic oxidation sites excluding steroid dienone is 2. The molecule has 0 aromatic heterocycles. The van der Waals surface area contributed by atoms with Crippen molar-refractivity contribution in [1.82, 2.24) is 4.90 Å². The van der Waals surface area contributed by atoms with E-state index in [4.69, 9.17) is 5.11 Å². The van der Waals surface area contributed by atoms with Gasteiger partial charge in [0.2, 0.25) is 5.91 Å². The van der Waals surface area contributed by atoms with Gasteiger partial charge in [0.1, 0.15) is 6.04 Å². The molecule has 1 amide bonds. The second kappa shape index (κ2) is 5.58. The molecule has 1 fully saturated rings. The summed E-state index contributed by atoms with van der Waals surface area (Å²) in [7, 11) is 0. The number of hydrogen-bond donors (Lipinski definition) is 1. The zero-order chi connectivity index (χ0) is 12.3. The molecule has 5 heteroatoms. The number of thioether (sulfide) groups is 1. The monoisotopic (exact) mass is 255 g/mol. The van der Waals surface area contributed by atoms with E-state index in [-0.39, 0.29) is 11.8 Å². The Balaban J connectivity index is 2.05. The predicted octanol–water partition coefficient (Wildman–Crippen LogP) is 1.37. The molecule has 1 heterocycles. The van der Waals surface area contributed by atoms with Crippen molar-refractivity contribution in [3.8, 4) is 0 Å². The van der Waals surface area contributed by atoms with Gasteiger partial charge in [0, 0.05) is 24.0 Å². The molecule has 0 radical (unpaired) electrons. The lowest BCUT2D eigenvalue weighted by molar-refractivity contribution is -0.151. The minimum atomic E-state index is -0.878. The van der Waals surface area contributed by atoms with Crippen molar-refractivity contribution in [1.29, 1.82) is 0 Å². The summed E-state index contributed by atoms with van der Waals surface area (Å²) in [5.41, 5.74) is 0. The Labute approximate surface area is 105 Å². The molecule has 1 aliphatic carbocycles. The van der Waals surface area contributed by atoms with Crippen molar-refractivity contribution in [2.24, 2.45) is 5.92 Å². The Morgan fingerprint density at radius 2 is 2.18 bits per heavy atom. The Hall–Kier alpha value is -0.970. The normalized spacial score (nSPS) is 29.1. The Kier molecular flexibility index (Phi) is 4.10. The van der Waals surface area contributed by atoms with Crippen molar-refractivity contribution >= 4 is 23.6 Å². The van der Waals surface area contributed by atoms with Gasteiger partial charge >= 0.3 is 5.97 Å². The van der Waals surface area contributed by atoms with Crippen molar-refractivity contribution < 1.29 is 14.7 Å². The van der Waals surface area contributed by atoms with Crippen LogP contribution in [0.25, 0.3) is 0 Å². The summed E-state index contributed by atoms with van der Waals surface area (Å²) in [6, 6.07) is -0.632. The summed E-state index contributed by atoms with van der Waals surface area (Å²) in [5, 5.41) is 9.13. The third kappa shape index (κ3) is 2.83. The largest absolute Gasteiger partial charge is 0.480 e. The quantitative estimate of drug-likeness (QED) is 0.757. The highest BCUT2D eigenvalue weighted by Crippen LogP contribution is 2.25. The molecule has 4 nitrogen and oxygen atoms in total. The van der Waals surface area contributed by atoms with Crippen LogP contribution in [0, 0.1) is 5.92 Å². The molecule has 0 aromatic rings. The van der Waals surface area contributed by atoms with Gasteiger partial charge in [-0.15, -0.1) is 0 Å². The zero-order valence-corrected chi connectivity index (χ0v) is 10.5. The van der Waals surface area contributed by atoms with Gasteiger partial charge in [-0.2, -0.15) is 11.8 Å². The fourth-order valence-electron chi connectivity index (χ4n) is 2.32. The van der Waals surface area contributed by atoms with Crippen LogP contribution in [-0.2, 0) is 9.59 Å². The van der Waals surface area contributed by atoms with E-state index in [1.807, 2.05) is 6.08 Å². The number of nitrogens with zero attached hydrogens (tertiary/aromatic N) is 1. The fraction of sp³-hybridized carbons (Fsp3) is 0.667. The zero-order valence-electron chi connectivity index (χ0n) is 9.67. The Bertz CT molecular complexity index is 343. The highest BCUT2D eigenvalue weighted by molar-refractivity contribution is 7.99. The lowest BCUT2D eigenvalue weighted by Gasteiger charge is -2.35. The molecule has 94 valence electrons. The average Bonchev–Trinajstić information content (AvgIpc) is 2.39. The van der Waals surface area contributed by atoms with Gasteiger partial charge in [-0.25, -0.2) is 4.79 Å². The van der Waals surface area contributed by atoms with Crippen molar-refractivity contribution in [3.05, 3.63) is 12.2 Å². The first-order valence-corrected chi connectivity index (χ1v) is 7.11. The molecule has 1 aliphatic heterocycles. The maximum Gasteiger partial charge on any atom is 0.327 e. The first-order chi connectivity index (χ1) is 8.20. The molecule has 0 aromatic carbocycles. The topological polar surface area (TPSA) is 57.6 Å². The maximum absolute atomic E-state index is 12.3. The standard InChI is InChI=1S/C12H17NO3S/c14-11(9-4-2-1-3-5-9)13-6-7-17-8-10(13)12(15)16/h1-2,9-10H,3-8H2,(H,15,16). The molecule has 2 aliphatic rings. The van der Waals surface area contributed by atoms with Crippen LogP contribution in [0.15, 0.2) is 12.2 Å². The van der Waals surface area contributed by atoms with E-state index in [1.54, 1.807) is 16.7 Å². The Morgan fingerprint density at radius 1 is 1.35 bits per heavy atom. The number of carbonyl (C=O) groups is 2. The van der Waals surface area contributed by atoms with Crippen LogP contribution in [0.2, 0.25) is 0 Å². The van der Waals surface area contributed by atoms with Gasteiger partial charge in [-0.1, -0.05) is 12.2 Å². The number of hydrogen-bond acceptors (Lipinski definition) is 3. The highest BCUT2D eigenvalue weighted by Gasteiger charge is 2.35. The first-order valence-electron chi connectivity index (χ1n) is 5.96. The van der Waals surface area contributed by atoms with Crippen LogP contribution < -0.4 is 0 Å². The second-order valence-corrected chi connectivity index (χ2v) is 5.59. The molecule has 2 rings (SSSR count). The lowest BCUT2D eigenvalue weighted by atomic mass is 9.92. The minimum Gasteiger partial charge on any atom is -0.480 e. The summed E-state index contributed by atoms with van der Waals surface area (Å²) >= 11 is 1.61. The van der Waals surface area contributed by atoms with Crippen molar-refractivity contribution in [2.45, 2.75) is 25.3 Å². The molecule has 0 saturated carbocycles. The summed E-state index contributed by atoms with van der Waals surface area (Å²) in [4.78, 5) is 25.0. The number of carboxylic acid groups (broad SMARTS) is 1. The minimum absolute atomic E-state index is 0.00931. The SMILES string of the molecule is O=C(O)C1CSCCN1C(=O)C1CC=CCC1. The summed E-state index contributed by atoms with van der Waals surface area (Å²) in [5.74, 6) is 0.505. The number of amides is 1. The molecular formula is C12H17NO3S. The van der Waals surface area contributed by atoms with Crippen LogP contribution in [0.4, 0.5) is 0 Å². The number of aliphatic carboxylic acids is 1. The highest BCUT2D eigenvalue weighted by atomic mass is 32.2. The molecule has 1 N–H and O–H groups in total. The third-order valence-corrected chi connectivity index (χ3v) is 4.34. The molecule has 0 bridgehead atoms. The maximum atomic E-state index is 12.3. The van der Waals surface area contributed by atoms with Crippen molar-refractivity contribution in [3.63, 3.8) is 0 Å². The number of carboxylic acids is 1. The summed E-state index contributed by atoms with van der Waals surface area (Å²) < 4.78 is 0. The van der Waals surface area contributed by atoms with Gasteiger partial charge in [0.05, 0.1) is 0 Å². The summed E-state index contributed by atoms with van der Waals surface area (Å²) in [6.45, 7) is 0.570. The predicted molar refractivity (Wildman–Crippen MR) is 66.9 cm³/mol. The van der Waals surface area contributed by atoms with Crippen LogP contribution in [0.1, 0.15) is 19.3 Å².